The molecule has 0 N–H and O–H groups in total. The van der Waals surface area contributed by atoms with Crippen molar-refractivity contribution in [2.45, 2.75) is 19.8 Å². The van der Waals surface area contributed by atoms with E-state index in [-0.39, 0.29) is 0 Å². The van der Waals surface area contributed by atoms with Crippen LogP contribution in [0.15, 0.2) is 42.5 Å². The smallest absolute Gasteiger partial charge is 0.000470 e. The second-order valence-electron chi connectivity index (χ2n) is 4.81. The summed E-state index contributed by atoms with van der Waals surface area (Å²) in [6, 6.07) is 15.2. The lowest BCUT2D eigenvalue weighted by Gasteiger charge is -2.08. The number of hydrogen-bond acceptors (Lipinski definition) is 0. The molecule has 1 atom stereocenters. The zero-order valence-corrected chi connectivity index (χ0v) is 10.3. The van der Waals surface area contributed by atoms with Crippen molar-refractivity contribution in [3.05, 3.63) is 69.6 Å². The highest BCUT2D eigenvalue weighted by molar-refractivity contribution is 5.61. The van der Waals surface area contributed by atoms with E-state index in [4.69, 9.17) is 0 Å². The second-order valence-corrected chi connectivity index (χ2v) is 4.81. The first-order valence-electron chi connectivity index (χ1n) is 6.14. The highest BCUT2D eigenvalue weighted by atomic mass is 14.1. The van der Waals surface area contributed by atoms with Gasteiger partial charge < -0.3 is 0 Å². The predicted octanol–water partition coefficient (Wildman–Crippen LogP) is 2.72. The van der Waals surface area contributed by atoms with E-state index >= 15 is 0 Å². The molecule has 84 valence electrons. The molecule has 0 aliphatic heterocycles. The summed E-state index contributed by atoms with van der Waals surface area (Å²) >= 11 is 0. The van der Waals surface area contributed by atoms with Gasteiger partial charge in [0.25, 0.3) is 0 Å². The molecule has 0 heterocycles. The van der Waals surface area contributed by atoms with Crippen LogP contribution < -0.4 is 10.4 Å². The number of benzene rings is 2. The van der Waals surface area contributed by atoms with Gasteiger partial charge in [-0.05, 0) is 40.1 Å². The molecule has 0 aromatic heterocycles. The summed E-state index contributed by atoms with van der Waals surface area (Å²) in [7, 11) is 0. The summed E-state index contributed by atoms with van der Waals surface area (Å²) in [5.41, 5.74) is 4.12. The van der Waals surface area contributed by atoms with E-state index < -0.39 is 0 Å². The van der Waals surface area contributed by atoms with E-state index in [0.29, 0.717) is 5.92 Å². The average Bonchev–Trinajstić information content (AvgIpc) is 2.47. The Hall–Kier alpha value is -1.82. The van der Waals surface area contributed by atoms with Crippen molar-refractivity contribution in [2.75, 3.05) is 0 Å². The van der Waals surface area contributed by atoms with Gasteiger partial charge in [0.2, 0.25) is 0 Å². The monoisotopic (exact) mass is 220 g/mol. The van der Waals surface area contributed by atoms with Crippen molar-refractivity contribution in [2.24, 2.45) is 0 Å². The normalized spacial score (nSPS) is 17.2. The minimum atomic E-state index is 0.477. The Morgan fingerprint density at radius 3 is 2.65 bits per heavy atom. The van der Waals surface area contributed by atoms with Crippen LogP contribution in [0.5, 0.6) is 0 Å². The van der Waals surface area contributed by atoms with Crippen molar-refractivity contribution >= 4 is 12.2 Å². The highest BCUT2D eigenvalue weighted by Gasteiger charge is 2.09. The maximum atomic E-state index is 2.37. The minimum Gasteiger partial charge on any atom is -0.0694 e. The Labute approximate surface area is 102 Å². The Balaban J connectivity index is 2.44. The molecule has 0 saturated heterocycles. The molecular weight excluding hydrogens is 204 g/mol. The van der Waals surface area contributed by atoms with Gasteiger partial charge in [-0.15, -0.1) is 0 Å². The van der Waals surface area contributed by atoms with Crippen LogP contribution >= 0.6 is 0 Å². The van der Waals surface area contributed by atoms with Gasteiger partial charge in [-0.1, -0.05) is 55.5 Å². The molecule has 2 aromatic carbocycles. The molecule has 17 heavy (non-hydrogen) atoms. The molecule has 0 saturated carbocycles. The largest absolute Gasteiger partial charge is 0.0694 e. The number of rotatable bonds is 0. The minimum absolute atomic E-state index is 0.477. The van der Waals surface area contributed by atoms with Crippen molar-refractivity contribution in [3.8, 4) is 0 Å². The van der Waals surface area contributed by atoms with Gasteiger partial charge in [0.05, 0.1) is 0 Å². The molecular formula is C17H16. The van der Waals surface area contributed by atoms with Gasteiger partial charge in [0, 0.05) is 5.92 Å². The van der Waals surface area contributed by atoms with Crippen LogP contribution in [0.4, 0.5) is 0 Å². The fourth-order valence-corrected chi connectivity index (χ4v) is 2.62. The van der Waals surface area contributed by atoms with E-state index in [9.17, 15) is 0 Å². The van der Waals surface area contributed by atoms with E-state index in [1.165, 1.54) is 27.1 Å². The summed E-state index contributed by atoms with van der Waals surface area (Å²) in [6.07, 6.45) is 4.69. The number of fused-ring (bicyclic) bond motifs is 2. The Morgan fingerprint density at radius 2 is 1.76 bits per heavy atom. The topological polar surface area (TPSA) is 0 Å². The van der Waals surface area contributed by atoms with Crippen molar-refractivity contribution in [3.63, 3.8) is 0 Å². The summed E-state index contributed by atoms with van der Waals surface area (Å²) in [4.78, 5) is 0. The van der Waals surface area contributed by atoms with Crippen LogP contribution in [0.2, 0.25) is 0 Å². The Bertz CT molecular complexity index is 677. The highest BCUT2D eigenvalue weighted by Crippen LogP contribution is 2.22. The van der Waals surface area contributed by atoms with Crippen LogP contribution in [0.25, 0.3) is 12.2 Å². The molecule has 0 bridgehead atoms. The first kappa shape index (κ1) is 10.3. The molecule has 0 amide bonds. The maximum Gasteiger partial charge on any atom is 0.000470 e. The zero-order valence-electron chi connectivity index (χ0n) is 10.3. The van der Waals surface area contributed by atoms with Crippen LogP contribution in [-0.4, -0.2) is 0 Å². The quantitative estimate of drug-likeness (QED) is 0.640. The molecule has 0 heteroatoms. The Morgan fingerprint density at radius 1 is 0.941 bits per heavy atom. The third-order valence-corrected chi connectivity index (χ3v) is 3.57. The fourth-order valence-electron chi connectivity index (χ4n) is 2.62. The molecule has 1 unspecified atom stereocenters. The van der Waals surface area contributed by atoms with E-state index in [1.54, 1.807) is 0 Å². The summed E-state index contributed by atoms with van der Waals surface area (Å²) in [5.74, 6) is 0.477. The molecule has 1 aliphatic carbocycles. The summed E-state index contributed by atoms with van der Waals surface area (Å²) in [6.45, 7) is 4.45. The maximum absolute atomic E-state index is 2.37. The van der Waals surface area contributed by atoms with Crippen LogP contribution in [0, 0.1) is 6.92 Å². The molecule has 0 spiro atoms. The van der Waals surface area contributed by atoms with Crippen LogP contribution in [0.3, 0.4) is 0 Å². The molecule has 2 aromatic rings. The van der Waals surface area contributed by atoms with Crippen molar-refractivity contribution < 1.29 is 0 Å². The lowest BCUT2D eigenvalue weighted by Crippen LogP contribution is -2.26. The number of hydrogen-bond donors (Lipinski definition) is 0. The van der Waals surface area contributed by atoms with E-state index in [2.05, 4.69) is 68.5 Å². The molecule has 3 rings (SSSR count). The predicted molar refractivity (Wildman–Crippen MR) is 73.3 cm³/mol. The third-order valence-electron chi connectivity index (χ3n) is 3.57. The third kappa shape index (κ3) is 1.70. The van der Waals surface area contributed by atoms with Crippen LogP contribution in [-0.2, 0) is 0 Å². The van der Waals surface area contributed by atoms with Gasteiger partial charge in [-0.25, -0.2) is 0 Å². The summed E-state index contributed by atoms with van der Waals surface area (Å²) in [5, 5.41) is 2.72. The first-order chi connectivity index (χ1) is 8.25. The van der Waals surface area contributed by atoms with Gasteiger partial charge in [0.15, 0.2) is 0 Å². The lowest BCUT2D eigenvalue weighted by atomic mass is 9.96. The molecule has 0 radical (unpaired) electrons. The zero-order chi connectivity index (χ0) is 11.8. The Kier molecular flexibility index (Phi) is 2.36. The van der Waals surface area contributed by atoms with E-state index in [1.807, 2.05) is 0 Å². The van der Waals surface area contributed by atoms with Gasteiger partial charge in [-0.3, -0.25) is 0 Å². The standard InChI is InChI=1S/C17H16/c1-12-6-5-8-14-10-13(2)16-9-4-3-7-15(16)11-17(12)14/h3-11,13H,1-2H3. The first-order valence-corrected chi connectivity index (χ1v) is 6.14. The lowest BCUT2D eigenvalue weighted by molar-refractivity contribution is 1.02. The second kappa shape index (κ2) is 3.89. The molecule has 0 fully saturated rings. The number of aryl methyl sites for hydroxylation is 1. The van der Waals surface area contributed by atoms with Gasteiger partial charge in [0.1, 0.15) is 0 Å². The molecule has 1 aliphatic rings. The van der Waals surface area contributed by atoms with E-state index in [0.717, 1.165) is 0 Å². The van der Waals surface area contributed by atoms with Crippen molar-refractivity contribution in [1.29, 1.82) is 0 Å². The van der Waals surface area contributed by atoms with Crippen molar-refractivity contribution in [1.82, 2.24) is 0 Å². The molecule has 0 nitrogen and oxygen atoms in total. The summed E-state index contributed by atoms with van der Waals surface area (Å²) < 4.78 is 0. The average molecular weight is 220 g/mol. The fraction of sp³-hybridized carbons (Fsp3) is 0.176. The van der Waals surface area contributed by atoms with Gasteiger partial charge >= 0.3 is 0 Å². The van der Waals surface area contributed by atoms with Gasteiger partial charge in [-0.2, -0.15) is 0 Å². The SMILES string of the molecule is Cc1cccc2c1=Cc1ccccc1C(C)C=2. The van der Waals surface area contributed by atoms with Crippen LogP contribution in [0.1, 0.15) is 29.5 Å².